The Morgan fingerprint density at radius 2 is 1.89 bits per heavy atom. The van der Waals surface area contributed by atoms with Crippen LogP contribution >= 0.6 is 0 Å². The number of carbonyl (C=O) groups excluding carboxylic acids is 1. The van der Waals surface area contributed by atoms with E-state index in [1.165, 1.54) is 16.4 Å². The lowest BCUT2D eigenvalue weighted by Crippen LogP contribution is -2.38. The van der Waals surface area contributed by atoms with Crippen molar-refractivity contribution < 1.29 is 13.2 Å². The Kier molecular flexibility index (Phi) is 3.45. The first-order valence-corrected chi connectivity index (χ1v) is 7.00. The molecular formula is C12H12N2O3S. The minimum Gasteiger partial charge on any atom is -0.300 e. The van der Waals surface area contributed by atoms with Crippen LogP contribution in [0.25, 0.3) is 0 Å². The fourth-order valence-electron chi connectivity index (χ4n) is 1.85. The van der Waals surface area contributed by atoms with E-state index in [0.29, 0.717) is 5.56 Å². The normalized spacial score (nSPS) is 17.4. The summed E-state index contributed by atoms with van der Waals surface area (Å²) < 4.78 is 25.8. The van der Waals surface area contributed by atoms with Crippen molar-refractivity contribution in [1.29, 1.82) is 5.26 Å². The maximum absolute atomic E-state index is 12.3. The first-order valence-electron chi connectivity index (χ1n) is 5.56. The molecule has 0 unspecified atom stereocenters. The first-order chi connectivity index (χ1) is 8.54. The minimum atomic E-state index is -3.59. The molecule has 1 aliphatic heterocycles. The number of nitriles is 1. The molecule has 5 nitrogen and oxygen atoms in total. The van der Waals surface area contributed by atoms with Crippen LogP contribution in [0.5, 0.6) is 0 Å². The molecule has 0 bridgehead atoms. The smallest absolute Gasteiger partial charge is 0.243 e. The summed E-state index contributed by atoms with van der Waals surface area (Å²) in [6, 6.07) is 7.83. The molecule has 0 amide bonds. The quantitative estimate of drug-likeness (QED) is 0.795. The highest BCUT2D eigenvalue weighted by molar-refractivity contribution is 7.89. The van der Waals surface area contributed by atoms with E-state index in [1.54, 1.807) is 12.1 Å². The fourth-order valence-corrected chi connectivity index (χ4v) is 3.34. The SMILES string of the molecule is N#Cc1cccc(S(=O)(=O)N2CCC(=O)CC2)c1. The Hall–Kier alpha value is -1.71. The molecular weight excluding hydrogens is 252 g/mol. The summed E-state index contributed by atoms with van der Waals surface area (Å²) in [5.41, 5.74) is 0.309. The number of ketones is 1. The number of Topliss-reactive ketones (excluding diaryl/α,β-unsaturated/α-hetero) is 1. The average molecular weight is 264 g/mol. The molecule has 0 aliphatic carbocycles. The first kappa shape index (κ1) is 12.7. The van der Waals surface area contributed by atoms with Crippen molar-refractivity contribution in [2.24, 2.45) is 0 Å². The summed E-state index contributed by atoms with van der Waals surface area (Å²) in [5, 5.41) is 8.77. The summed E-state index contributed by atoms with van der Waals surface area (Å²) in [5.74, 6) is 0.0900. The highest BCUT2D eigenvalue weighted by atomic mass is 32.2. The van der Waals surface area contributed by atoms with Crippen molar-refractivity contribution in [1.82, 2.24) is 4.31 Å². The van der Waals surface area contributed by atoms with Crippen molar-refractivity contribution in [3.63, 3.8) is 0 Å². The van der Waals surface area contributed by atoms with Crippen LogP contribution in [0.1, 0.15) is 18.4 Å². The third kappa shape index (κ3) is 2.42. The molecule has 18 heavy (non-hydrogen) atoms. The minimum absolute atomic E-state index is 0.0900. The zero-order chi connectivity index (χ0) is 13.2. The Labute approximate surface area is 106 Å². The van der Waals surface area contributed by atoms with Gasteiger partial charge < -0.3 is 0 Å². The number of sulfonamides is 1. The molecule has 6 heteroatoms. The molecule has 1 fully saturated rings. The van der Waals surface area contributed by atoms with Crippen LogP contribution in [0.4, 0.5) is 0 Å². The van der Waals surface area contributed by atoms with E-state index in [-0.39, 0.29) is 36.6 Å². The van der Waals surface area contributed by atoms with Gasteiger partial charge in [0, 0.05) is 25.9 Å². The van der Waals surface area contributed by atoms with Crippen molar-refractivity contribution in [3.05, 3.63) is 29.8 Å². The van der Waals surface area contributed by atoms with Crippen LogP contribution < -0.4 is 0 Å². The average Bonchev–Trinajstić information content (AvgIpc) is 2.39. The van der Waals surface area contributed by atoms with Crippen molar-refractivity contribution >= 4 is 15.8 Å². The molecule has 1 aromatic carbocycles. The van der Waals surface area contributed by atoms with Gasteiger partial charge in [-0.3, -0.25) is 4.79 Å². The number of hydrogen-bond donors (Lipinski definition) is 0. The predicted molar refractivity (Wildman–Crippen MR) is 64.2 cm³/mol. The van der Waals surface area contributed by atoms with E-state index in [9.17, 15) is 13.2 Å². The van der Waals surface area contributed by atoms with E-state index in [2.05, 4.69) is 0 Å². The highest BCUT2D eigenvalue weighted by Crippen LogP contribution is 2.20. The van der Waals surface area contributed by atoms with Crippen LogP contribution in [0.2, 0.25) is 0 Å². The van der Waals surface area contributed by atoms with Crippen LogP contribution in [0.3, 0.4) is 0 Å². The van der Waals surface area contributed by atoms with Gasteiger partial charge in [0.25, 0.3) is 0 Å². The molecule has 0 aromatic heterocycles. The molecule has 0 saturated carbocycles. The molecule has 1 heterocycles. The van der Waals surface area contributed by atoms with Crippen LogP contribution in [-0.4, -0.2) is 31.6 Å². The van der Waals surface area contributed by atoms with Gasteiger partial charge in [-0.25, -0.2) is 8.42 Å². The number of benzene rings is 1. The lowest BCUT2D eigenvalue weighted by Gasteiger charge is -2.25. The van der Waals surface area contributed by atoms with Gasteiger partial charge in [0.15, 0.2) is 0 Å². The van der Waals surface area contributed by atoms with Gasteiger partial charge in [0.2, 0.25) is 10.0 Å². The zero-order valence-electron chi connectivity index (χ0n) is 9.67. The fraction of sp³-hybridized carbons (Fsp3) is 0.333. The summed E-state index contributed by atoms with van der Waals surface area (Å²) in [7, 11) is -3.59. The second kappa shape index (κ2) is 4.88. The van der Waals surface area contributed by atoms with Gasteiger partial charge in [-0.05, 0) is 18.2 Å². The molecule has 0 radical (unpaired) electrons. The van der Waals surface area contributed by atoms with Crippen LogP contribution in [-0.2, 0) is 14.8 Å². The third-order valence-corrected chi connectivity index (χ3v) is 4.78. The van der Waals surface area contributed by atoms with Crippen molar-refractivity contribution in [2.45, 2.75) is 17.7 Å². The Bertz CT molecular complexity index is 606. The van der Waals surface area contributed by atoms with E-state index in [0.717, 1.165) is 0 Å². The van der Waals surface area contributed by atoms with Gasteiger partial charge >= 0.3 is 0 Å². The summed E-state index contributed by atoms with van der Waals surface area (Å²) in [6.45, 7) is 0.440. The number of nitrogens with zero attached hydrogens (tertiary/aromatic N) is 2. The van der Waals surface area contributed by atoms with E-state index in [1.807, 2.05) is 6.07 Å². The predicted octanol–water partition coefficient (Wildman–Crippen LogP) is 0.912. The number of hydrogen-bond acceptors (Lipinski definition) is 4. The lowest BCUT2D eigenvalue weighted by atomic mass is 10.1. The second-order valence-corrected chi connectivity index (χ2v) is 6.02. The molecule has 0 atom stereocenters. The second-order valence-electron chi connectivity index (χ2n) is 4.08. The van der Waals surface area contributed by atoms with Gasteiger partial charge in [-0.1, -0.05) is 6.07 Å². The van der Waals surface area contributed by atoms with Crippen molar-refractivity contribution in [3.8, 4) is 6.07 Å². The molecule has 2 rings (SSSR count). The molecule has 0 spiro atoms. The summed E-state index contributed by atoms with van der Waals surface area (Å²) >= 11 is 0. The maximum atomic E-state index is 12.3. The Morgan fingerprint density at radius 3 is 2.50 bits per heavy atom. The molecule has 94 valence electrons. The summed E-state index contributed by atoms with van der Waals surface area (Å²) in [4.78, 5) is 11.2. The monoisotopic (exact) mass is 264 g/mol. The van der Waals surface area contributed by atoms with E-state index >= 15 is 0 Å². The van der Waals surface area contributed by atoms with Crippen LogP contribution in [0.15, 0.2) is 29.2 Å². The molecule has 1 aromatic rings. The zero-order valence-corrected chi connectivity index (χ0v) is 10.5. The lowest BCUT2D eigenvalue weighted by molar-refractivity contribution is -0.120. The number of rotatable bonds is 2. The third-order valence-electron chi connectivity index (χ3n) is 2.88. The number of piperidine rings is 1. The van der Waals surface area contributed by atoms with Gasteiger partial charge in [-0.15, -0.1) is 0 Å². The maximum Gasteiger partial charge on any atom is 0.243 e. The van der Waals surface area contributed by atoms with Gasteiger partial charge in [-0.2, -0.15) is 9.57 Å². The van der Waals surface area contributed by atoms with Gasteiger partial charge in [0.1, 0.15) is 5.78 Å². The molecule has 0 N–H and O–H groups in total. The van der Waals surface area contributed by atoms with E-state index in [4.69, 9.17) is 5.26 Å². The highest BCUT2D eigenvalue weighted by Gasteiger charge is 2.28. The summed E-state index contributed by atoms with van der Waals surface area (Å²) in [6.07, 6.45) is 0.522. The van der Waals surface area contributed by atoms with Gasteiger partial charge in [0.05, 0.1) is 16.5 Å². The van der Waals surface area contributed by atoms with E-state index < -0.39 is 10.0 Å². The standard InChI is InChI=1S/C12H12N2O3S/c13-9-10-2-1-3-12(8-10)18(16,17)14-6-4-11(15)5-7-14/h1-3,8H,4-7H2. The topological polar surface area (TPSA) is 78.2 Å². The molecule has 1 saturated heterocycles. The Morgan fingerprint density at radius 1 is 1.22 bits per heavy atom. The van der Waals surface area contributed by atoms with Crippen molar-refractivity contribution in [2.75, 3.05) is 13.1 Å². The Balaban J connectivity index is 2.31. The largest absolute Gasteiger partial charge is 0.300 e. The number of carbonyl (C=O) groups is 1. The molecule has 1 aliphatic rings. The van der Waals surface area contributed by atoms with Crippen LogP contribution in [0, 0.1) is 11.3 Å².